The summed E-state index contributed by atoms with van der Waals surface area (Å²) in [5.41, 5.74) is 0.951. The molecule has 1 aromatic carbocycles. The number of halogens is 1. The van der Waals surface area contributed by atoms with Crippen LogP contribution in [0.4, 0.5) is 4.39 Å². The maximum Gasteiger partial charge on any atom is 0.325 e. The van der Waals surface area contributed by atoms with Crippen molar-refractivity contribution in [3.05, 3.63) is 46.1 Å². The molecule has 1 unspecified atom stereocenters. The quantitative estimate of drug-likeness (QED) is 0.403. The number of thioether (sulfide) groups is 2. The van der Waals surface area contributed by atoms with Gasteiger partial charge in [-0.05, 0) is 31.2 Å². The first kappa shape index (κ1) is 21.4. The van der Waals surface area contributed by atoms with Crippen molar-refractivity contribution in [1.82, 2.24) is 14.9 Å². The standard InChI is InChI=1S/C19H20FN3O4S2/c1-3-27-16(25)9-21-15(24)10-28-19-22-14-8-11(2)29-17(14)18(26)23(19)13-6-4-12(20)5-7-13/h4-7,11H,3,8-10H2,1-2H3,(H,21,24). The largest absolute Gasteiger partial charge is 0.465 e. The number of carbonyl (C=O) groups is 2. The molecular formula is C19H20FN3O4S2. The van der Waals surface area contributed by atoms with Crippen molar-refractivity contribution < 1.29 is 18.7 Å². The van der Waals surface area contributed by atoms with E-state index in [9.17, 15) is 18.8 Å². The third-order valence-corrected chi connectivity index (χ3v) is 6.19. The van der Waals surface area contributed by atoms with Gasteiger partial charge >= 0.3 is 5.97 Å². The molecule has 1 aliphatic heterocycles. The van der Waals surface area contributed by atoms with Gasteiger partial charge in [-0.25, -0.2) is 9.37 Å². The van der Waals surface area contributed by atoms with Gasteiger partial charge in [-0.2, -0.15) is 0 Å². The van der Waals surface area contributed by atoms with Crippen LogP contribution in [-0.4, -0.2) is 45.6 Å². The van der Waals surface area contributed by atoms with Gasteiger partial charge < -0.3 is 10.1 Å². The number of nitrogens with one attached hydrogen (secondary N) is 1. The molecule has 7 nitrogen and oxygen atoms in total. The monoisotopic (exact) mass is 437 g/mol. The summed E-state index contributed by atoms with van der Waals surface area (Å²) in [6, 6.07) is 5.54. The molecule has 0 saturated carbocycles. The first-order chi connectivity index (χ1) is 13.9. The maximum atomic E-state index is 13.3. The second-order valence-electron chi connectivity index (χ2n) is 6.29. The number of hydrogen-bond donors (Lipinski definition) is 1. The Labute approximate surface area is 175 Å². The van der Waals surface area contributed by atoms with Gasteiger partial charge in [0, 0.05) is 11.7 Å². The number of fused-ring (bicyclic) bond motifs is 1. The Morgan fingerprint density at radius 1 is 1.38 bits per heavy atom. The molecule has 1 aliphatic rings. The van der Waals surface area contributed by atoms with Crippen LogP contribution < -0.4 is 10.9 Å². The van der Waals surface area contributed by atoms with E-state index in [-0.39, 0.29) is 35.6 Å². The molecule has 0 aliphatic carbocycles. The molecule has 3 rings (SSSR count). The summed E-state index contributed by atoms with van der Waals surface area (Å²) < 4.78 is 19.5. The fraction of sp³-hybridized carbons (Fsp3) is 0.368. The van der Waals surface area contributed by atoms with Crippen LogP contribution in [-0.2, 0) is 20.7 Å². The highest BCUT2D eigenvalue weighted by molar-refractivity contribution is 8.00. The first-order valence-corrected chi connectivity index (χ1v) is 10.9. The van der Waals surface area contributed by atoms with Crippen molar-refractivity contribution >= 4 is 35.4 Å². The van der Waals surface area contributed by atoms with Crippen molar-refractivity contribution in [2.45, 2.75) is 35.6 Å². The average molecular weight is 438 g/mol. The Kier molecular flexibility index (Phi) is 6.96. The van der Waals surface area contributed by atoms with E-state index in [1.165, 1.54) is 40.6 Å². The van der Waals surface area contributed by atoms with Crippen LogP contribution in [0.2, 0.25) is 0 Å². The van der Waals surface area contributed by atoms with Gasteiger partial charge in [0.15, 0.2) is 5.16 Å². The molecule has 0 fully saturated rings. The fourth-order valence-electron chi connectivity index (χ4n) is 2.78. The lowest BCUT2D eigenvalue weighted by Gasteiger charge is -2.13. The van der Waals surface area contributed by atoms with E-state index in [0.717, 1.165) is 11.8 Å². The number of esters is 1. The lowest BCUT2D eigenvalue weighted by molar-refractivity contribution is -0.143. The molecule has 0 bridgehead atoms. The SMILES string of the molecule is CCOC(=O)CNC(=O)CSc1nc2c(c(=O)n1-c1ccc(F)cc1)SC(C)C2. The molecule has 1 atom stereocenters. The Morgan fingerprint density at radius 3 is 2.79 bits per heavy atom. The third kappa shape index (κ3) is 5.18. The molecule has 29 heavy (non-hydrogen) atoms. The number of benzene rings is 1. The fourth-order valence-corrected chi connectivity index (χ4v) is 4.73. The van der Waals surface area contributed by atoms with E-state index in [1.54, 1.807) is 6.92 Å². The minimum absolute atomic E-state index is 0.0332. The summed E-state index contributed by atoms with van der Waals surface area (Å²) in [6.07, 6.45) is 0.669. The highest BCUT2D eigenvalue weighted by Crippen LogP contribution is 2.34. The number of nitrogens with zero attached hydrogens (tertiary/aromatic N) is 2. The third-order valence-electron chi connectivity index (χ3n) is 4.03. The number of hydrogen-bond acceptors (Lipinski definition) is 7. The lowest BCUT2D eigenvalue weighted by Crippen LogP contribution is -2.32. The summed E-state index contributed by atoms with van der Waals surface area (Å²) in [5.74, 6) is -1.34. The number of rotatable bonds is 7. The number of aromatic nitrogens is 2. The zero-order chi connectivity index (χ0) is 21.0. The number of ether oxygens (including phenoxy) is 1. The smallest absolute Gasteiger partial charge is 0.325 e. The predicted molar refractivity (Wildman–Crippen MR) is 109 cm³/mol. The molecule has 1 N–H and O–H groups in total. The van der Waals surface area contributed by atoms with Crippen LogP contribution in [0.3, 0.4) is 0 Å². The molecule has 2 aromatic rings. The molecule has 1 amide bonds. The van der Waals surface area contributed by atoms with Gasteiger partial charge in [0.2, 0.25) is 5.91 Å². The summed E-state index contributed by atoms with van der Waals surface area (Å²) in [4.78, 5) is 41.7. The van der Waals surface area contributed by atoms with Gasteiger partial charge in [0.05, 0.1) is 28.6 Å². The zero-order valence-corrected chi connectivity index (χ0v) is 17.6. The van der Waals surface area contributed by atoms with Gasteiger partial charge in [0.1, 0.15) is 12.4 Å². The lowest BCUT2D eigenvalue weighted by atomic mass is 10.2. The number of amides is 1. The molecule has 10 heteroatoms. The van der Waals surface area contributed by atoms with Crippen LogP contribution in [0.1, 0.15) is 19.5 Å². The molecular weight excluding hydrogens is 417 g/mol. The Hall–Kier alpha value is -2.33. The van der Waals surface area contributed by atoms with E-state index in [4.69, 9.17) is 4.74 Å². The van der Waals surface area contributed by atoms with Crippen LogP contribution in [0.5, 0.6) is 0 Å². The summed E-state index contributed by atoms with van der Waals surface area (Å²) in [7, 11) is 0. The Bertz CT molecular complexity index is 979. The molecule has 2 heterocycles. The van der Waals surface area contributed by atoms with Gasteiger partial charge in [-0.15, -0.1) is 11.8 Å². The zero-order valence-electron chi connectivity index (χ0n) is 15.9. The summed E-state index contributed by atoms with van der Waals surface area (Å²) in [5, 5.41) is 3.06. The normalized spacial score (nSPS) is 15.1. The van der Waals surface area contributed by atoms with Gasteiger partial charge in [-0.3, -0.25) is 19.0 Å². The highest BCUT2D eigenvalue weighted by Gasteiger charge is 2.27. The summed E-state index contributed by atoms with van der Waals surface area (Å²) in [6.45, 7) is 3.72. The van der Waals surface area contributed by atoms with E-state index < -0.39 is 11.8 Å². The van der Waals surface area contributed by atoms with E-state index >= 15 is 0 Å². The van der Waals surface area contributed by atoms with E-state index in [0.29, 0.717) is 27.9 Å². The minimum Gasteiger partial charge on any atom is -0.465 e. The Balaban J connectivity index is 1.84. The van der Waals surface area contributed by atoms with Crippen LogP contribution in [0.25, 0.3) is 5.69 Å². The van der Waals surface area contributed by atoms with Crippen molar-refractivity contribution in [3.63, 3.8) is 0 Å². The Morgan fingerprint density at radius 2 is 2.10 bits per heavy atom. The van der Waals surface area contributed by atoms with Crippen LogP contribution in [0, 0.1) is 5.82 Å². The maximum absolute atomic E-state index is 13.3. The molecule has 154 valence electrons. The number of carbonyl (C=O) groups excluding carboxylic acids is 2. The van der Waals surface area contributed by atoms with E-state index in [1.807, 2.05) is 6.92 Å². The molecule has 1 aromatic heterocycles. The first-order valence-electron chi connectivity index (χ1n) is 9.02. The molecule has 0 radical (unpaired) electrons. The van der Waals surface area contributed by atoms with E-state index in [2.05, 4.69) is 10.3 Å². The van der Waals surface area contributed by atoms with Gasteiger partial charge in [0.25, 0.3) is 5.56 Å². The van der Waals surface area contributed by atoms with Crippen molar-refractivity contribution in [3.8, 4) is 5.69 Å². The van der Waals surface area contributed by atoms with Crippen LogP contribution in [0.15, 0.2) is 39.1 Å². The van der Waals surface area contributed by atoms with Gasteiger partial charge in [-0.1, -0.05) is 18.7 Å². The molecule has 0 spiro atoms. The minimum atomic E-state index is -0.518. The van der Waals surface area contributed by atoms with Crippen molar-refractivity contribution in [2.75, 3.05) is 18.9 Å². The van der Waals surface area contributed by atoms with Crippen LogP contribution >= 0.6 is 23.5 Å². The molecule has 0 saturated heterocycles. The second kappa shape index (κ2) is 9.45. The second-order valence-corrected chi connectivity index (χ2v) is 8.68. The summed E-state index contributed by atoms with van der Waals surface area (Å²) >= 11 is 2.55. The topological polar surface area (TPSA) is 90.3 Å². The predicted octanol–water partition coefficient (Wildman–Crippen LogP) is 2.18. The average Bonchev–Trinajstić information content (AvgIpc) is 3.07. The van der Waals surface area contributed by atoms with Crippen molar-refractivity contribution in [2.24, 2.45) is 0 Å². The highest BCUT2D eigenvalue weighted by atomic mass is 32.2. The van der Waals surface area contributed by atoms with Crippen molar-refractivity contribution in [1.29, 1.82) is 0 Å².